The summed E-state index contributed by atoms with van der Waals surface area (Å²) in [7, 11) is 0. The number of rotatable bonds is 7. The zero-order chi connectivity index (χ0) is 22.6. The first-order valence-corrected chi connectivity index (χ1v) is 11.2. The Balaban J connectivity index is 1.31. The molecule has 0 atom stereocenters. The summed E-state index contributed by atoms with van der Waals surface area (Å²) >= 11 is 5.94. The maximum absolute atomic E-state index is 13.0. The summed E-state index contributed by atoms with van der Waals surface area (Å²) in [5, 5.41) is 5.71. The number of carbonyl (C=O) groups is 1. The largest absolute Gasteiger partial charge is 0.488 e. The quantitative estimate of drug-likeness (QED) is 0.270. The van der Waals surface area contributed by atoms with Crippen LogP contribution < -0.4 is 10.2 Å². The SMILES string of the molecule is O=C(NN=Cc1ccccc1OCc1ccc(Cl)cc1)c1cc(C2CC2)nc2ccccc12. The summed E-state index contributed by atoms with van der Waals surface area (Å²) in [6.45, 7) is 0.404. The first-order chi connectivity index (χ1) is 16.2. The lowest BCUT2D eigenvalue weighted by molar-refractivity contribution is 0.0956. The molecule has 4 aromatic rings. The van der Waals surface area contributed by atoms with Gasteiger partial charge in [-0.1, -0.05) is 54.1 Å². The van der Waals surface area contributed by atoms with Crippen molar-refractivity contribution in [2.45, 2.75) is 25.4 Å². The molecule has 0 aliphatic heterocycles. The molecular weight excluding hydrogens is 434 g/mol. The minimum atomic E-state index is -0.258. The standard InChI is InChI=1S/C27H22ClN3O2/c28-21-13-9-18(10-14-21)17-33-26-8-4-1-5-20(26)16-29-31-27(32)23-15-25(19-11-12-19)30-24-7-3-2-6-22(23)24/h1-10,13-16,19H,11-12,17H2,(H,31,32). The van der Waals surface area contributed by atoms with E-state index in [2.05, 4.69) is 10.5 Å². The van der Waals surface area contributed by atoms with Crippen LogP contribution in [0.4, 0.5) is 0 Å². The Morgan fingerprint density at radius 1 is 1.06 bits per heavy atom. The molecule has 5 nitrogen and oxygen atoms in total. The topological polar surface area (TPSA) is 63.6 Å². The molecule has 1 N–H and O–H groups in total. The van der Waals surface area contributed by atoms with E-state index in [0.717, 1.165) is 40.6 Å². The van der Waals surface area contributed by atoms with Crippen LogP contribution in [0.2, 0.25) is 5.02 Å². The molecule has 1 fully saturated rings. The van der Waals surface area contributed by atoms with Crippen LogP contribution in [0, 0.1) is 0 Å². The maximum atomic E-state index is 13.0. The van der Waals surface area contributed by atoms with Crippen molar-refractivity contribution in [1.82, 2.24) is 10.4 Å². The van der Waals surface area contributed by atoms with Crippen LogP contribution in [-0.2, 0) is 6.61 Å². The van der Waals surface area contributed by atoms with E-state index in [4.69, 9.17) is 21.3 Å². The van der Waals surface area contributed by atoms with E-state index in [1.165, 1.54) is 0 Å². The summed E-state index contributed by atoms with van der Waals surface area (Å²) in [5.74, 6) is 0.872. The molecule has 0 saturated heterocycles. The van der Waals surface area contributed by atoms with Crippen molar-refractivity contribution in [1.29, 1.82) is 0 Å². The smallest absolute Gasteiger partial charge is 0.272 e. The molecule has 6 heteroatoms. The van der Waals surface area contributed by atoms with E-state index in [1.807, 2.05) is 78.9 Å². The van der Waals surface area contributed by atoms with Crippen molar-refractivity contribution >= 4 is 34.6 Å². The van der Waals surface area contributed by atoms with Crippen LogP contribution in [0.1, 0.15) is 45.9 Å². The third-order valence-corrected chi connectivity index (χ3v) is 5.82. The summed E-state index contributed by atoms with van der Waals surface area (Å²) in [4.78, 5) is 17.7. The Kier molecular flexibility index (Phi) is 6.05. The number of pyridine rings is 1. The Morgan fingerprint density at radius 3 is 2.64 bits per heavy atom. The van der Waals surface area contributed by atoms with Crippen molar-refractivity contribution < 1.29 is 9.53 Å². The fourth-order valence-electron chi connectivity index (χ4n) is 3.65. The molecule has 5 rings (SSSR count). The molecule has 0 spiro atoms. The van der Waals surface area contributed by atoms with E-state index in [1.54, 1.807) is 6.21 Å². The van der Waals surface area contributed by atoms with E-state index in [9.17, 15) is 4.79 Å². The molecule has 1 aliphatic carbocycles. The molecule has 1 aliphatic rings. The number of hydrogen-bond donors (Lipinski definition) is 1. The number of halogens is 1. The third-order valence-electron chi connectivity index (χ3n) is 5.57. The van der Waals surface area contributed by atoms with Crippen LogP contribution in [-0.4, -0.2) is 17.1 Å². The van der Waals surface area contributed by atoms with E-state index in [-0.39, 0.29) is 5.91 Å². The average Bonchev–Trinajstić information content (AvgIpc) is 3.69. The first-order valence-electron chi connectivity index (χ1n) is 10.9. The Morgan fingerprint density at radius 2 is 1.82 bits per heavy atom. The highest BCUT2D eigenvalue weighted by molar-refractivity contribution is 6.30. The number of nitrogens with zero attached hydrogens (tertiary/aromatic N) is 2. The number of amides is 1. The molecule has 3 aromatic carbocycles. The van der Waals surface area contributed by atoms with Gasteiger partial charge in [0.25, 0.3) is 5.91 Å². The minimum Gasteiger partial charge on any atom is -0.488 e. The van der Waals surface area contributed by atoms with Crippen molar-refractivity contribution in [3.8, 4) is 5.75 Å². The number of hydrogen-bond acceptors (Lipinski definition) is 4. The molecule has 0 radical (unpaired) electrons. The predicted octanol–water partition coefficient (Wildman–Crippen LogP) is 6.11. The van der Waals surface area contributed by atoms with Gasteiger partial charge in [-0.2, -0.15) is 5.10 Å². The van der Waals surface area contributed by atoms with E-state index in [0.29, 0.717) is 28.9 Å². The van der Waals surface area contributed by atoms with Gasteiger partial charge in [-0.25, -0.2) is 5.43 Å². The lowest BCUT2D eigenvalue weighted by atomic mass is 10.1. The number of carbonyl (C=O) groups excluding carboxylic acids is 1. The fraction of sp³-hybridized carbons (Fsp3) is 0.148. The molecule has 164 valence electrons. The van der Waals surface area contributed by atoms with Gasteiger partial charge in [-0.15, -0.1) is 0 Å². The molecule has 0 unspecified atom stereocenters. The number of fused-ring (bicyclic) bond motifs is 1. The van der Waals surface area contributed by atoms with E-state index < -0.39 is 0 Å². The number of benzene rings is 3. The van der Waals surface area contributed by atoms with Crippen molar-refractivity contribution in [2.24, 2.45) is 5.10 Å². The molecule has 1 saturated carbocycles. The van der Waals surface area contributed by atoms with Gasteiger partial charge in [0.2, 0.25) is 0 Å². The first kappa shape index (κ1) is 21.2. The number of aromatic nitrogens is 1. The molecule has 0 bridgehead atoms. The highest BCUT2D eigenvalue weighted by Crippen LogP contribution is 2.40. The van der Waals surface area contributed by atoms with Gasteiger partial charge in [0, 0.05) is 27.6 Å². The van der Waals surface area contributed by atoms with Gasteiger partial charge < -0.3 is 4.74 Å². The predicted molar refractivity (Wildman–Crippen MR) is 131 cm³/mol. The zero-order valence-corrected chi connectivity index (χ0v) is 18.6. The maximum Gasteiger partial charge on any atom is 0.272 e. The van der Waals surface area contributed by atoms with Gasteiger partial charge in [-0.3, -0.25) is 9.78 Å². The Labute approximate surface area is 197 Å². The monoisotopic (exact) mass is 455 g/mol. The highest BCUT2D eigenvalue weighted by Gasteiger charge is 2.26. The minimum absolute atomic E-state index is 0.258. The van der Waals surface area contributed by atoms with Crippen molar-refractivity contribution in [3.05, 3.63) is 106 Å². The van der Waals surface area contributed by atoms with E-state index >= 15 is 0 Å². The van der Waals surface area contributed by atoms with Crippen LogP contribution >= 0.6 is 11.6 Å². The second-order valence-electron chi connectivity index (χ2n) is 8.04. The average molecular weight is 456 g/mol. The Bertz CT molecular complexity index is 1330. The van der Waals surface area contributed by atoms with Gasteiger partial charge in [-0.05, 0) is 54.8 Å². The van der Waals surface area contributed by atoms with Gasteiger partial charge in [0.05, 0.1) is 17.3 Å². The lowest BCUT2D eigenvalue weighted by Gasteiger charge is -2.10. The van der Waals surface area contributed by atoms with Crippen LogP contribution in [0.15, 0.2) is 84.0 Å². The molecule has 1 heterocycles. The highest BCUT2D eigenvalue weighted by atomic mass is 35.5. The number of nitrogens with one attached hydrogen (secondary N) is 1. The van der Waals surface area contributed by atoms with Crippen LogP contribution in [0.5, 0.6) is 5.75 Å². The normalized spacial score (nSPS) is 13.4. The molecule has 33 heavy (non-hydrogen) atoms. The fourth-order valence-corrected chi connectivity index (χ4v) is 3.78. The Hall–Kier alpha value is -3.70. The third kappa shape index (κ3) is 5.04. The summed E-state index contributed by atoms with van der Waals surface area (Å²) < 4.78 is 5.96. The number of para-hydroxylation sites is 2. The van der Waals surface area contributed by atoms with Gasteiger partial charge in [0.1, 0.15) is 12.4 Å². The summed E-state index contributed by atoms with van der Waals surface area (Å²) in [5.41, 5.74) is 6.84. The zero-order valence-electron chi connectivity index (χ0n) is 17.9. The number of ether oxygens (including phenoxy) is 1. The molecular formula is C27H22ClN3O2. The summed E-state index contributed by atoms with van der Waals surface area (Å²) in [6, 6.07) is 24.7. The van der Waals surface area contributed by atoms with Crippen LogP contribution in [0.3, 0.4) is 0 Å². The second kappa shape index (κ2) is 9.43. The lowest BCUT2D eigenvalue weighted by Crippen LogP contribution is -2.18. The van der Waals surface area contributed by atoms with Crippen molar-refractivity contribution in [3.63, 3.8) is 0 Å². The molecule has 1 aromatic heterocycles. The van der Waals surface area contributed by atoms with Crippen molar-refractivity contribution in [2.75, 3.05) is 0 Å². The second-order valence-corrected chi connectivity index (χ2v) is 8.47. The van der Waals surface area contributed by atoms with Gasteiger partial charge >= 0.3 is 0 Å². The molecule has 1 amide bonds. The number of hydrazone groups is 1. The summed E-state index contributed by atoms with van der Waals surface area (Å²) in [6.07, 6.45) is 3.84. The van der Waals surface area contributed by atoms with Crippen LogP contribution in [0.25, 0.3) is 10.9 Å². The van der Waals surface area contributed by atoms with Gasteiger partial charge in [0.15, 0.2) is 0 Å².